The Balaban J connectivity index is 1.39. The summed E-state index contributed by atoms with van der Waals surface area (Å²) in [5.74, 6) is 0. The van der Waals surface area contributed by atoms with E-state index in [1.165, 1.54) is 63.0 Å². The van der Waals surface area contributed by atoms with Crippen molar-refractivity contribution in [1.82, 2.24) is 14.7 Å². The number of hydrogen-bond acceptors (Lipinski definition) is 3. The minimum absolute atomic E-state index is 0.698. The maximum Gasteiger partial charge on any atom is 0.0240 e. The van der Waals surface area contributed by atoms with E-state index in [2.05, 4.69) is 82.4 Å². The molecular formula is C25H35N3. The van der Waals surface area contributed by atoms with E-state index in [9.17, 15) is 0 Å². The lowest BCUT2D eigenvalue weighted by atomic mass is 9.88. The summed E-state index contributed by atoms with van der Waals surface area (Å²) in [5.41, 5.74) is 2.86. The fourth-order valence-electron chi connectivity index (χ4n) is 4.93. The summed E-state index contributed by atoms with van der Waals surface area (Å²) >= 11 is 0. The largest absolute Gasteiger partial charge is 0.304 e. The van der Waals surface area contributed by atoms with E-state index in [1.54, 1.807) is 0 Å². The molecular weight excluding hydrogens is 342 g/mol. The molecule has 0 bridgehead atoms. The molecule has 3 nitrogen and oxygen atoms in total. The number of rotatable bonds is 6. The maximum absolute atomic E-state index is 2.76. The first kappa shape index (κ1) is 19.6. The van der Waals surface area contributed by atoms with E-state index in [4.69, 9.17) is 0 Å². The second-order valence-electron chi connectivity index (χ2n) is 8.68. The van der Waals surface area contributed by atoms with Gasteiger partial charge in [-0.25, -0.2) is 0 Å². The summed E-state index contributed by atoms with van der Waals surface area (Å²) in [4.78, 5) is 7.95. The zero-order chi connectivity index (χ0) is 19.2. The minimum Gasteiger partial charge on any atom is -0.304 e. The monoisotopic (exact) mass is 377 g/mol. The standard InChI is InChI=1S/C25H35N3/c1-26-16-18-27(19-17-26)24-12-14-25(15-13-24)28(20-22-8-4-2-5-9-22)21-23-10-6-3-7-11-23/h2-11,24-25H,12-21H2,1H3. The van der Waals surface area contributed by atoms with Crippen LogP contribution in [0.25, 0.3) is 0 Å². The van der Waals surface area contributed by atoms with Crippen molar-refractivity contribution in [3.05, 3.63) is 71.8 Å². The van der Waals surface area contributed by atoms with Crippen LogP contribution in [-0.2, 0) is 13.1 Å². The van der Waals surface area contributed by atoms with Crippen molar-refractivity contribution in [2.45, 2.75) is 50.9 Å². The molecule has 0 amide bonds. The topological polar surface area (TPSA) is 9.72 Å². The van der Waals surface area contributed by atoms with E-state index < -0.39 is 0 Å². The van der Waals surface area contributed by atoms with E-state index in [-0.39, 0.29) is 0 Å². The van der Waals surface area contributed by atoms with Gasteiger partial charge in [0.05, 0.1) is 0 Å². The lowest BCUT2D eigenvalue weighted by molar-refractivity contribution is 0.0588. The third-order valence-corrected chi connectivity index (χ3v) is 6.69. The van der Waals surface area contributed by atoms with Gasteiger partial charge in [-0.2, -0.15) is 0 Å². The summed E-state index contributed by atoms with van der Waals surface area (Å²) in [6.07, 6.45) is 5.37. The van der Waals surface area contributed by atoms with Gasteiger partial charge in [0.1, 0.15) is 0 Å². The molecule has 0 spiro atoms. The highest BCUT2D eigenvalue weighted by molar-refractivity contribution is 5.17. The molecule has 1 saturated carbocycles. The van der Waals surface area contributed by atoms with Gasteiger partial charge in [0.25, 0.3) is 0 Å². The first-order valence-corrected chi connectivity index (χ1v) is 11.0. The zero-order valence-electron chi connectivity index (χ0n) is 17.3. The Labute approximate surface area is 171 Å². The van der Waals surface area contributed by atoms with Crippen LogP contribution in [0.1, 0.15) is 36.8 Å². The molecule has 0 N–H and O–H groups in total. The predicted octanol–water partition coefficient (Wildman–Crippen LogP) is 4.25. The van der Waals surface area contributed by atoms with Crippen molar-refractivity contribution in [1.29, 1.82) is 0 Å². The summed E-state index contributed by atoms with van der Waals surface area (Å²) in [6, 6.07) is 23.5. The zero-order valence-corrected chi connectivity index (χ0v) is 17.3. The number of likely N-dealkylation sites (N-methyl/N-ethyl adjacent to an activating group) is 1. The maximum atomic E-state index is 2.76. The van der Waals surface area contributed by atoms with Gasteiger partial charge in [-0.3, -0.25) is 9.80 Å². The van der Waals surface area contributed by atoms with Gasteiger partial charge in [-0.15, -0.1) is 0 Å². The first-order valence-electron chi connectivity index (χ1n) is 11.0. The molecule has 1 aliphatic carbocycles. The van der Waals surface area contributed by atoms with Crippen molar-refractivity contribution < 1.29 is 0 Å². The van der Waals surface area contributed by atoms with Gasteiger partial charge in [-0.1, -0.05) is 60.7 Å². The highest BCUT2D eigenvalue weighted by Gasteiger charge is 2.30. The van der Waals surface area contributed by atoms with Crippen LogP contribution in [0.3, 0.4) is 0 Å². The SMILES string of the molecule is CN1CCN(C2CCC(N(Cc3ccccc3)Cc3ccccc3)CC2)CC1. The number of benzene rings is 2. The number of piperazine rings is 1. The highest BCUT2D eigenvalue weighted by Crippen LogP contribution is 2.29. The summed E-state index contributed by atoms with van der Waals surface area (Å²) in [6.45, 7) is 7.08. The van der Waals surface area contributed by atoms with E-state index in [0.717, 1.165) is 19.1 Å². The fraction of sp³-hybridized carbons (Fsp3) is 0.520. The normalized spacial score (nSPS) is 24.5. The van der Waals surface area contributed by atoms with Crippen LogP contribution >= 0.6 is 0 Å². The van der Waals surface area contributed by atoms with E-state index >= 15 is 0 Å². The molecule has 2 aromatic rings. The lowest BCUT2D eigenvalue weighted by Gasteiger charge is -2.43. The van der Waals surface area contributed by atoms with Gasteiger partial charge >= 0.3 is 0 Å². The van der Waals surface area contributed by atoms with Gasteiger partial charge < -0.3 is 4.90 Å². The van der Waals surface area contributed by atoms with Crippen molar-refractivity contribution in [2.75, 3.05) is 33.2 Å². The van der Waals surface area contributed by atoms with Crippen LogP contribution in [0.5, 0.6) is 0 Å². The molecule has 0 unspecified atom stereocenters. The van der Waals surface area contributed by atoms with Crippen LogP contribution in [0, 0.1) is 0 Å². The van der Waals surface area contributed by atoms with Crippen LogP contribution in [0.2, 0.25) is 0 Å². The Morgan fingerprint density at radius 2 is 1.21 bits per heavy atom. The molecule has 0 aromatic heterocycles. The number of nitrogens with zero attached hydrogens (tertiary/aromatic N) is 3. The van der Waals surface area contributed by atoms with Crippen molar-refractivity contribution >= 4 is 0 Å². The van der Waals surface area contributed by atoms with E-state index in [1.807, 2.05) is 0 Å². The first-order chi connectivity index (χ1) is 13.8. The van der Waals surface area contributed by atoms with Gasteiger partial charge in [0, 0.05) is 51.4 Å². The fourth-order valence-corrected chi connectivity index (χ4v) is 4.93. The molecule has 0 atom stereocenters. The quantitative estimate of drug-likeness (QED) is 0.745. The van der Waals surface area contributed by atoms with Crippen LogP contribution in [0.15, 0.2) is 60.7 Å². The van der Waals surface area contributed by atoms with Crippen LogP contribution < -0.4 is 0 Å². The van der Waals surface area contributed by atoms with Crippen molar-refractivity contribution in [3.63, 3.8) is 0 Å². The van der Waals surface area contributed by atoms with Gasteiger partial charge in [0.15, 0.2) is 0 Å². The van der Waals surface area contributed by atoms with Crippen LogP contribution in [0.4, 0.5) is 0 Å². The predicted molar refractivity (Wildman–Crippen MR) is 117 cm³/mol. The Bertz CT molecular complexity index is 645. The average molecular weight is 378 g/mol. The summed E-state index contributed by atoms with van der Waals surface area (Å²) in [7, 11) is 2.25. The summed E-state index contributed by atoms with van der Waals surface area (Å²) < 4.78 is 0. The van der Waals surface area contributed by atoms with Gasteiger partial charge in [0.2, 0.25) is 0 Å². The second-order valence-corrected chi connectivity index (χ2v) is 8.68. The molecule has 2 aliphatic rings. The molecule has 28 heavy (non-hydrogen) atoms. The molecule has 2 aromatic carbocycles. The highest BCUT2D eigenvalue weighted by atomic mass is 15.3. The molecule has 4 rings (SSSR count). The Kier molecular flexibility index (Phi) is 6.79. The smallest absolute Gasteiger partial charge is 0.0240 e. The summed E-state index contributed by atoms with van der Waals surface area (Å²) in [5, 5.41) is 0. The second kappa shape index (κ2) is 9.69. The third-order valence-electron chi connectivity index (χ3n) is 6.69. The van der Waals surface area contributed by atoms with Crippen LogP contribution in [-0.4, -0.2) is 60.0 Å². The number of hydrogen-bond donors (Lipinski definition) is 0. The average Bonchev–Trinajstić information content (AvgIpc) is 2.75. The lowest BCUT2D eigenvalue weighted by Crippen LogP contribution is -2.51. The van der Waals surface area contributed by atoms with Crippen molar-refractivity contribution in [3.8, 4) is 0 Å². The van der Waals surface area contributed by atoms with Gasteiger partial charge in [-0.05, 0) is 43.9 Å². The minimum atomic E-state index is 0.698. The molecule has 1 aliphatic heterocycles. The molecule has 1 heterocycles. The molecule has 0 radical (unpaired) electrons. The molecule has 1 saturated heterocycles. The Hall–Kier alpha value is -1.68. The molecule has 150 valence electrons. The third kappa shape index (κ3) is 5.22. The Morgan fingerprint density at radius 1 is 0.714 bits per heavy atom. The molecule has 3 heteroatoms. The Morgan fingerprint density at radius 3 is 1.71 bits per heavy atom. The van der Waals surface area contributed by atoms with E-state index in [0.29, 0.717) is 6.04 Å². The molecule has 2 fully saturated rings. The van der Waals surface area contributed by atoms with Crippen molar-refractivity contribution in [2.24, 2.45) is 0 Å².